The van der Waals surface area contributed by atoms with Crippen LogP contribution in [0.15, 0.2) is 64.9 Å². The maximum atomic E-state index is 12.4. The molecular formula is C23H22N4O2S. The Kier molecular flexibility index (Phi) is 5.72. The number of nitrogens with one attached hydrogen (secondary N) is 1. The van der Waals surface area contributed by atoms with Crippen LogP contribution in [0.4, 0.5) is 5.13 Å². The number of nitrogens with zero attached hydrogens (tertiary/aromatic N) is 3. The molecule has 30 heavy (non-hydrogen) atoms. The molecule has 152 valence electrons. The van der Waals surface area contributed by atoms with E-state index >= 15 is 0 Å². The van der Waals surface area contributed by atoms with E-state index in [2.05, 4.69) is 53.5 Å². The van der Waals surface area contributed by atoms with Crippen molar-refractivity contribution in [3.05, 3.63) is 75.9 Å². The van der Waals surface area contributed by atoms with E-state index < -0.39 is 0 Å². The first-order valence-corrected chi connectivity index (χ1v) is 10.7. The molecule has 0 aliphatic heterocycles. The van der Waals surface area contributed by atoms with Crippen LogP contribution in [0.5, 0.6) is 0 Å². The Labute approximate surface area is 178 Å². The number of aromatic nitrogens is 3. The number of benzene rings is 2. The van der Waals surface area contributed by atoms with Crippen molar-refractivity contribution in [1.29, 1.82) is 0 Å². The fourth-order valence-electron chi connectivity index (χ4n) is 3.23. The van der Waals surface area contributed by atoms with Gasteiger partial charge in [-0.25, -0.2) is 4.98 Å². The van der Waals surface area contributed by atoms with Crippen molar-refractivity contribution in [2.24, 2.45) is 0 Å². The molecule has 1 amide bonds. The van der Waals surface area contributed by atoms with Crippen molar-refractivity contribution in [2.45, 2.75) is 32.7 Å². The van der Waals surface area contributed by atoms with Crippen LogP contribution in [0.1, 0.15) is 31.7 Å². The number of amides is 1. The highest BCUT2D eigenvalue weighted by molar-refractivity contribution is 7.14. The van der Waals surface area contributed by atoms with Gasteiger partial charge in [0, 0.05) is 22.8 Å². The monoisotopic (exact) mass is 418 g/mol. The van der Waals surface area contributed by atoms with Crippen LogP contribution >= 0.6 is 11.3 Å². The van der Waals surface area contributed by atoms with E-state index in [1.54, 1.807) is 10.7 Å². The highest BCUT2D eigenvalue weighted by atomic mass is 32.1. The zero-order valence-corrected chi connectivity index (χ0v) is 17.6. The molecule has 7 heteroatoms. The average Bonchev–Trinajstić information content (AvgIpc) is 3.22. The molecule has 0 saturated carbocycles. The quantitative estimate of drug-likeness (QED) is 0.494. The van der Waals surface area contributed by atoms with Gasteiger partial charge < -0.3 is 5.32 Å². The maximum Gasteiger partial charge on any atom is 0.228 e. The van der Waals surface area contributed by atoms with Gasteiger partial charge in [-0.2, -0.15) is 5.10 Å². The topological polar surface area (TPSA) is 76.9 Å². The van der Waals surface area contributed by atoms with Gasteiger partial charge >= 0.3 is 0 Å². The van der Waals surface area contributed by atoms with Gasteiger partial charge in [-0.3, -0.25) is 14.3 Å². The van der Waals surface area contributed by atoms with E-state index in [-0.39, 0.29) is 17.8 Å². The third-order valence-corrected chi connectivity index (χ3v) is 5.69. The van der Waals surface area contributed by atoms with Gasteiger partial charge in [-0.15, -0.1) is 11.3 Å². The van der Waals surface area contributed by atoms with Crippen molar-refractivity contribution in [3.8, 4) is 11.3 Å². The molecule has 2 aromatic carbocycles. The Morgan fingerprint density at radius 2 is 1.90 bits per heavy atom. The maximum absolute atomic E-state index is 12.4. The first kappa shape index (κ1) is 20.0. The first-order valence-electron chi connectivity index (χ1n) is 9.82. The molecule has 4 aromatic rings. The Bertz CT molecular complexity index is 1240. The third kappa shape index (κ3) is 4.31. The molecule has 6 nitrogen and oxygen atoms in total. The molecule has 0 aliphatic rings. The fourth-order valence-corrected chi connectivity index (χ4v) is 3.97. The number of hydrogen-bond acceptors (Lipinski definition) is 5. The number of rotatable bonds is 6. The van der Waals surface area contributed by atoms with E-state index in [0.29, 0.717) is 23.0 Å². The summed E-state index contributed by atoms with van der Waals surface area (Å²) in [6.07, 6.45) is 1.52. The molecule has 1 N–H and O–H groups in total. The number of carbonyl (C=O) groups is 1. The highest BCUT2D eigenvalue weighted by Crippen LogP contribution is 2.26. The summed E-state index contributed by atoms with van der Waals surface area (Å²) in [6, 6.07) is 15.6. The summed E-state index contributed by atoms with van der Waals surface area (Å²) in [5.74, 6) is 0.342. The van der Waals surface area contributed by atoms with Crippen LogP contribution in [0.2, 0.25) is 0 Å². The van der Waals surface area contributed by atoms with Crippen LogP contribution < -0.4 is 10.7 Å². The summed E-state index contributed by atoms with van der Waals surface area (Å²) in [5, 5.41) is 10.1. The van der Waals surface area contributed by atoms with E-state index in [4.69, 9.17) is 0 Å². The first-order chi connectivity index (χ1) is 14.5. The van der Waals surface area contributed by atoms with Crippen molar-refractivity contribution >= 4 is 33.3 Å². The summed E-state index contributed by atoms with van der Waals surface area (Å²) >= 11 is 1.40. The van der Waals surface area contributed by atoms with E-state index in [0.717, 1.165) is 16.8 Å². The van der Waals surface area contributed by atoms with E-state index in [1.807, 2.05) is 23.6 Å². The lowest BCUT2D eigenvalue weighted by molar-refractivity contribution is -0.116. The van der Waals surface area contributed by atoms with Crippen LogP contribution in [0.25, 0.3) is 22.2 Å². The second kappa shape index (κ2) is 8.59. The summed E-state index contributed by atoms with van der Waals surface area (Å²) in [6.45, 7) is 4.70. The van der Waals surface area contributed by atoms with Crippen molar-refractivity contribution in [1.82, 2.24) is 14.8 Å². The number of thiazole rings is 1. The molecule has 0 spiro atoms. The second-order valence-corrected chi connectivity index (χ2v) is 8.22. The molecular weight excluding hydrogens is 396 g/mol. The van der Waals surface area contributed by atoms with Crippen LogP contribution in [-0.2, 0) is 11.3 Å². The molecule has 2 aromatic heterocycles. The Balaban J connectivity index is 1.41. The van der Waals surface area contributed by atoms with Crippen LogP contribution in [-0.4, -0.2) is 20.7 Å². The smallest absolute Gasteiger partial charge is 0.228 e. The second-order valence-electron chi connectivity index (χ2n) is 7.36. The molecule has 0 unspecified atom stereocenters. The Hall–Kier alpha value is -3.32. The lowest BCUT2D eigenvalue weighted by atomic mass is 10.0. The molecule has 0 saturated heterocycles. The van der Waals surface area contributed by atoms with Crippen LogP contribution in [0.3, 0.4) is 0 Å². The standard InChI is InChI=1S/C23H22N4O2S/c1-15(2)16-7-9-17(10-8-16)19-14-30-23(25-19)26-22(29)11-12-27-20-6-4-3-5-18(20)21(28)13-24-27/h3-10,13-15H,11-12H2,1-2H3,(H,25,26,29). The average molecular weight is 419 g/mol. The molecule has 2 heterocycles. The SMILES string of the molecule is CC(C)c1ccc(-c2csc(NC(=O)CCn3ncc(=O)c4ccccc43)n2)cc1. The third-order valence-electron chi connectivity index (χ3n) is 4.94. The molecule has 0 atom stereocenters. The lowest BCUT2D eigenvalue weighted by Crippen LogP contribution is -2.17. The Morgan fingerprint density at radius 3 is 2.67 bits per heavy atom. The van der Waals surface area contributed by atoms with Gasteiger partial charge in [-0.1, -0.05) is 50.2 Å². The summed E-state index contributed by atoms with van der Waals surface area (Å²) in [5.41, 5.74) is 3.76. The van der Waals surface area contributed by atoms with Gasteiger partial charge in [0.15, 0.2) is 5.13 Å². The summed E-state index contributed by atoms with van der Waals surface area (Å²) in [4.78, 5) is 28.9. The number of carbonyl (C=O) groups excluding carboxylic acids is 1. The Morgan fingerprint density at radius 1 is 1.13 bits per heavy atom. The van der Waals surface area contributed by atoms with Crippen LogP contribution in [0, 0.1) is 0 Å². The minimum absolute atomic E-state index is 0.122. The van der Waals surface area contributed by atoms with Crippen molar-refractivity contribution < 1.29 is 4.79 Å². The number of hydrogen-bond donors (Lipinski definition) is 1. The predicted octanol–water partition coefficient (Wildman–Crippen LogP) is 4.67. The summed E-state index contributed by atoms with van der Waals surface area (Å²) in [7, 11) is 0. The van der Waals surface area contributed by atoms with Gasteiger partial charge in [0.05, 0.1) is 24.0 Å². The minimum Gasteiger partial charge on any atom is -0.302 e. The van der Waals surface area contributed by atoms with Gasteiger partial charge in [0.1, 0.15) is 0 Å². The lowest BCUT2D eigenvalue weighted by Gasteiger charge is -2.08. The highest BCUT2D eigenvalue weighted by Gasteiger charge is 2.10. The largest absolute Gasteiger partial charge is 0.302 e. The van der Waals surface area contributed by atoms with Crippen molar-refractivity contribution in [2.75, 3.05) is 5.32 Å². The zero-order chi connectivity index (χ0) is 21.1. The molecule has 0 fully saturated rings. The van der Waals surface area contributed by atoms with Gasteiger partial charge in [0.2, 0.25) is 11.3 Å². The molecule has 0 radical (unpaired) electrons. The normalized spacial score (nSPS) is 11.2. The molecule has 0 aliphatic carbocycles. The zero-order valence-electron chi connectivity index (χ0n) is 16.8. The number of anilines is 1. The predicted molar refractivity (Wildman–Crippen MR) is 121 cm³/mol. The molecule has 0 bridgehead atoms. The van der Waals surface area contributed by atoms with Crippen molar-refractivity contribution in [3.63, 3.8) is 0 Å². The number of aryl methyl sites for hydroxylation is 1. The molecule has 4 rings (SSSR count). The van der Waals surface area contributed by atoms with Gasteiger partial charge in [0.25, 0.3) is 0 Å². The summed E-state index contributed by atoms with van der Waals surface area (Å²) < 4.78 is 1.68. The van der Waals surface area contributed by atoms with E-state index in [9.17, 15) is 9.59 Å². The number of para-hydroxylation sites is 1. The van der Waals surface area contributed by atoms with Gasteiger partial charge in [-0.05, 0) is 23.6 Å². The minimum atomic E-state index is -0.143. The fraction of sp³-hybridized carbons (Fsp3) is 0.217. The van der Waals surface area contributed by atoms with E-state index in [1.165, 1.54) is 23.1 Å². The number of fused-ring (bicyclic) bond motifs is 1.